The number of piperazine rings is 1. The number of nitrogens with zero attached hydrogens (tertiary/aromatic N) is 2. The quantitative estimate of drug-likeness (QED) is 0.835. The van der Waals surface area contributed by atoms with Crippen molar-refractivity contribution in [2.24, 2.45) is 11.3 Å². The number of likely N-dealkylation sites (N-methyl/N-ethyl adjacent to an activating group) is 1. The summed E-state index contributed by atoms with van der Waals surface area (Å²) in [6.45, 7) is 15.7. The Morgan fingerprint density at radius 3 is 2.65 bits per heavy atom. The third-order valence-corrected chi connectivity index (χ3v) is 5.52. The molecule has 3 atom stereocenters. The first-order chi connectivity index (χ1) is 9.44. The molecule has 0 aromatic carbocycles. The lowest BCUT2D eigenvalue weighted by atomic mass is 9.84. The molecule has 1 saturated heterocycles. The van der Waals surface area contributed by atoms with Crippen LogP contribution in [-0.4, -0.2) is 61.7 Å². The minimum Gasteiger partial charge on any atom is -0.313 e. The molecule has 2 fully saturated rings. The molecule has 1 aliphatic carbocycles. The highest BCUT2D eigenvalue weighted by molar-refractivity contribution is 4.97. The molecule has 0 bridgehead atoms. The Morgan fingerprint density at radius 2 is 2.00 bits per heavy atom. The zero-order chi connectivity index (χ0) is 14.8. The van der Waals surface area contributed by atoms with Gasteiger partial charge in [0.15, 0.2) is 0 Å². The Hall–Kier alpha value is -0.120. The number of rotatable bonds is 5. The van der Waals surface area contributed by atoms with Crippen molar-refractivity contribution in [2.45, 2.75) is 59.0 Å². The van der Waals surface area contributed by atoms with Crippen LogP contribution in [0.2, 0.25) is 0 Å². The van der Waals surface area contributed by atoms with Crippen LogP contribution < -0.4 is 5.32 Å². The topological polar surface area (TPSA) is 18.5 Å². The Balaban J connectivity index is 1.93. The third kappa shape index (κ3) is 3.75. The van der Waals surface area contributed by atoms with Gasteiger partial charge in [0.2, 0.25) is 0 Å². The monoisotopic (exact) mass is 281 g/mol. The highest BCUT2D eigenvalue weighted by Crippen LogP contribution is 2.41. The van der Waals surface area contributed by atoms with Gasteiger partial charge in [-0.2, -0.15) is 0 Å². The Kier molecular flexibility index (Phi) is 5.49. The second-order valence-corrected chi connectivity index (χ2v) is 7.83. The lowest BCUT2D eigenvalue weighted by molar-refractivity contribution is 0.0767. The molecule has 1 aliphatic heterocycles. The van der Waals surface area contributed by atoms with Gasteiger partial charge in [0.1, 0.15) is 0 Å². The van der Waals surface area contributed by atoms with Crippen LogP contribution in [0.15, 0.2) is 0 Å². The van der Waals surface area contributed by atoms with Crippen molar-refractivity contribution in [3.63, 3.8) is 0 Å². The van der Waals surface area contributed by atoms with Crippen LogP contribution >= 0.6 is 0 Å². The number of nitrogens with one attached hydrogen (secondary N) is 1. The maximum atomic E-state index is 3.85. The largest absolute Gasteiger partial charge is 0.313 e. The summed E-state index contributed by atoms with van der Waals surface area (Å²) >= 11 is 0. The standard InChI is InChI=1S/C17H35N3/c1-6-9-18-16-15(7-8-17(16,3)4)13-20-11-10-19(5)12-14(20)2/h14-16,18H,6-13H2,1-5H3. The van der Waals surface area contributed by atoms with Gasteiger partial charge in [0, 0.05) is 38.3 Å². The number of hydrogen-bond donors (Lipinski definition) is 1. The van der Waals surface area contributed by atoms with E-state index in [4.69, 9.17) is 0 Å². The first kappa shape index (κ1) is 16.3. The van der Waals surface area contributed by atoms with Gasteiger partial charge < -0.3 is 10.2 Å². The smallest absolute Gasteiger partial charge is 0.0195 e. The zero-order valence-corrected chi connectivity index (χ0v) is 14.3. The van der Waals surface area contributed by atoms with Crippen molar-refractivity contribution < 1.29 is 0 Å². The van der Waals surface area contributed by atoms with Gasteiger partial charge in [-0.3, -0.25) is 4.90 Å². The lowest BCUT2D eigenvalue weighted by Crippen LogP contribution is -2.54. The molecule has 1 saturated carbocycles. The van der Waals surface area contributed by atoms with E-state index in [0.29, 0.717) is 17.5 Å². The van der Waals surface area contributed by atoms with Gasteiger partial charge in [-0.25, -0.2) is 0 Å². The molecule has 20 heavy (non-hydrogen) atoms. The first-order valence-corrected chi connectivity index (χ1v) is 8.60. The third-order valence-electron chi connectivity index (χ3n) is 5.52. The van der Waals surface area contributed by atoms with Crippen LogP contribution in [-0.2, 0) is 0 Å². The first-order valence-electron chi connectivity index (χ1n) is 8.60. The second kappa shape index (κ2) is 6.76. The van der Waals surface area contributed by atoms with E-state index in [1.54, 1.807) is 0 Å². The van der Waals surface area contributed by atoms with Gasteiger partial charge in [0.05, 0.1) is 0 Å². The molecule has 2 aliphatic rings. The Bertz CT molecular complexity index is 303. The summed E-state index contributed by atoms with van der Waals surface area (Å²) in [5.41, 5.74) is 0.468. The molecule has 1 N–H and O–H groups in total. The summed E-state index contributed by atoms with van der Waals surface area (Å²) in [6, 6.07) is 1.42. The van der Waals surface area contributed by atoms with E-state index in [2.05, 4.69) is 49.9 Å². The van der Waals surface area contributed by atoms with Crippen LogP contribution in [0, 0.1) is 11.3 Å². The van der Waals surface area contributed by atoms with E-state index in [-0.39, 0.29) is 0 Å². The summed E-state index contributed by atoms with van der Waals surface area (Å²) in [5.74, 6) is 0.836. The SMILES string of the molecule is CCCNC1C(CN2CCN(C)CC2C)CCC1(C)C. The fourth-order valence-electron chi connectivity index (χ4n) is 4.21. The van der Waals surface area contributed by atoms with E-state index in [1.165, 1.54) is 52.0 Å². The van der Waals surface area contributed by atoms with Gasteiger partial charge in [-0.05, 0) is 51.1 Å². The molecule has 0 aromatic heterocycles. The molecule has 0 amide bonds. The van der Waals surface area contributed by atoms with Crippen LogP contribution in [0.1, 0.15) is 47.0 Å². The summed E-state index contributed by atoms with van der Waals surface area (Å²) < 4.78 is 0. The molecule has 0 radical (unpaired) electrons. The maximum absolute atomic E-state index is 3.85. The minimum atomic E-state index is 0.468. The van der Waals surface area contributed by atoms with E-state index in [0.717, 1.165) is 5.92 Å². The van der Waals surface area contributed by atoms with Crippen LogP contribution in [0.25, 0.3) is 0 Å². The summed E-state index contributed by atoms with van der Waals surface area (Å²) in [4.78, 5) is 5.19. The van der Waals surface area contributed by atoms with Crippen molar-refractivity contribution in [3.8, 4) is 0 Å². The molecule has 3 heteroatoms. The van der Waals surface area contributed by atoms with E-state index in [9.17, 15) is 0 Å². The predicted molar refractivity (Wildman–Crippen MR) is 87.1 cm³/mol. The summed E-state index contributed by atoms with van der Waals surface area (Å²) in [6.07, 6.45) is 4.01. The average Bonchev–Trinajstić information content (AvgIpc) is 2.65. The summed E-state index contributed by atoms with van der Waals surface area (Å²) in [5, 5.41) is 3.85. The highest BCUT2D eigenvalue weighted by Gasteiger charge is 2.42. The van der Waals surface area contributed by atoms with Crippen LogP contribution in [0.5, 0.6) is 0 Å². The lowest BCUT2D eigenvalue weighted by Gasteiger charge is -2.41. The van der Waals surface area contributed by atoms with Crippen LogP contribution in [0.3, 0.4) is 0 Å². The predicted octanol–water partition coefficient (Wildman–Crippen LogP) is 2.43. The van der Waals surface area contributed by atoms with E-state index >= 15 is 0 Å². The molecule has 1 heterocycles. The van der Waals surface area contributed by atoms with E-state index < -0.39 is 0 Å². The van der Waals surface area contributed by atoms with Crippen LogP contribution in [0.4, 0.5) is 0 Å². The summed E-state index contributed by atoms with van der Waals surface area (Å²) in [7, 11) is 2.25. The fourth-order valence-corrected chi connectivity index (χ4v) is 4.21. The number of hydrogen-bond acceptors (Lipinski definition) is 3. The Labute approximate surface area is 126 Å². The minimum absolute atomic E-state index is 0.468. The van der Waals surface area contributed by atoms with Gasteiger partial charge in [0.25, 0.3) is 0 Å². The maximum Gasteiger partial charge on any atom is 0.0195 e. The molecular formula is C17H35N3. The van der Waals surface area contributed by atoms with Crippen molar-refractivity contribution in [3.05, 3.63) is 0 Å². The van der Waals surface area contributed by atoms with Gasteiger partial charge >= 0.3 is 0 Å². The molecular weight excluding hydrogens is 246 g/mol. The second-order valence-electron chi connectivity index (χ2n) is 7.83. The van der Waals surface area contributed by atoms with Crippen molar-refractivity contribution in [1.29, 1.82) is 0 Å². The molecule has 0 spiro atoms. The molecule has 3 unspecified atom stereocenters. The van der Waals surface area contributed by atoms with Crippen molar-refractivity contribution in [2.75, 3.05) is 39.8 Å². The fraction of sp³-hybridized carbons (Fsp3) is 1.00. The van der Waals surface area contributed by atoms with Crippen molar-refractivity contribution in [1.82, 2.24) is 15.1 Å². The van der Waals surface area contributed by atoms with Gasteiger partial charge in [-0.15, -0.1) is 0 Å². The van der Waals surface area contributed by atoms with E-state index in [1.807, 2.05) is 0 Å². The molecule has 0 aromatic rings. The Morgan fingerprint density at radius 1 is 1.25 bits per heavy atom. The normalized spacial score (nSPS) is 35.5. The van der Waals surface area contributed by atoms with Crippen molar-refractivity contribution >= 4 is 0 Å². The zero-order valence-electron chi connectivity index (χ0n) is 14.3. The average molecular weight is 281 g/mol. The highest BCUT2D eigenvalue weighted by atomic mass is 15.3. The molecule has 2 rings (SSSR count). The van der Waals surface area contributed by atoms with Gasteiger partial charge in [-0.1, -0.05) is 20.8 Å². The molecule has 3 nitrogen and oxygen atoms in total. The molecule has 118 valence electrons.